The molecule has 0 spiro atoms. The van der Waals surface area contributed by atoms with Crippen molar-refractivity contribution in [2.75, 3.05) is 19.5 Å². The molecule has 150 valence electrons. The Morgan fingerprint density at radius 3 is 2.24 bits per heavy atom. The van der Waals surface area contributed by atoms with E-state index in [0.29, 0.717) is 28.5 Å². The molecular weight excluding hydrogens is 398 g/mol. The molecule has 0 unspecified atom stereocenters. The summed E-state index contributed by atoms with van der Waals surface area (Å²) in [6, 6.07) is 7.48. The van der Waals surface area contributed by atoms with Crippen LogP contribution in [0.15, 0.2) is 36.5 Å². The summed E-state index contributed by atoms with van der Waals surface area (Å²) in [6.07, 6.45) is 2.18. The van der Waals surface area contributed by atoms with E-state index >= 15 is 0 Å². The molecule has 1 amide bonds. The highest BCUT2D eigenvalue weighted by atomic mass is 35.5. The molecule has 9 heteroatoms. The molecule has 3 aromatic rings. The molecule has 0 aliphatic rings. The number of carbonyl (C=O) groups is 3. The molecule has 0 saturated carbocycles. The van der Waals surface area contributed by atoms with Gasteiger partial charge in [0.2, 0.25) is 0 Å². The molecule has 0 bridgehead atoms. The van der Waals surface area contributed by atoms with Crippen LogP contribution in [0.4, 0.5) is 5.69 Å². The second-order valence-electron chi connectivity index (χ2n) is 6.07. The number of amides is 1. The monoisotopic (exact) mass is 415 g/mol. The number of aromatic nitrogens is 2. The van der Waals surface area contributed by atoms with Crippen molar-refractivity contribution in [3.05, 3.63) is 64.1 Å². The van der Waals surface area contributed by atoms with Gasteiger partial charge in [0.15, 0.2) is 0 Å². The van der Waals surface area contributed by atoms with Crippen LogP contribution in [0.2, 0.25) is 5.02 Å². The summed E-state index contributed by atoms with van der Waals surface area (Å²) in [6.45, 7) is 1.88. The van der Waals surface area contributed by atoms with Crippen molar-refractivity contribution in [2.24, 2.45) is 0 Å². The maximum atomic E-state index is 13.0. The van der Waals surface area contributed by atoms with E-state index in [0.717, 1.165) is 0 Å². The van der Waals surface area contributed by atoms with E-state index in [2.05, 4.69) is 10.3 Å². The molecule has 1 aromatic carbocycles. The van der Waals surface area contributed by atoms with Gasteiger partial charge in [-0.25, -0.2) is 14.6 Å². The molecule has 0 aliphatic carbocycles. The van der Waals surface area contributed by atoms with Gasteiger partial charge in [-0.05, 0) is 30.7 Å². The summed E-state index contributed by atoms with van der Waals surface area (Å²) >= 11 is 6.01. The Labute approximate surface area is 171 Å². The number of benzene rings is 1. The number of methoxy groups -OCH3 is 2. The summed E-state index contributed by atoms with van der Waals surface area (Å²) in [5.41, 5.74) is 1.91. The van der Waals surface area contributed by atoms with Crippen LogP contribution in [-0.4, -0.2) is 41.5 Å². The zero-order chi connectivity index (χ0) is 21.1. The fourth-order valence-electron chi connectivity index (χ4n) is 2.92. The van der Waals surface area contributed by atoms with Gasteiger partial charge >= 0.3 is 11.9 Å². The normalized spacial score (nSPS) is 10.6. The highest BCUT2D eigenvalue weighted by Crippen LogP contribution is 2.21. The van der Waals surface area contributed by atoms with Gasteiger partial charge in [0, 0.05) is 23.0 Å². The molecule has 3 rings (SSSR count). The van der Waals surface area contributed by atoms with Crippen LogP contribution in [0, 0.1) is 0 Å². The van der Waals surface area contributed by atoms with Gasteiger partial charge in [-0.1, -0.05) is 18.5 Å². The average molecular weight is 416 g/mol. The first-order valence-electron chi connectivity index (χ1n) is 8.67. The molecule has 2 heterocycles. The van der Waals surface area contributed by atoms with E-state index in [1.165, 1.54) is 32.4 Å². The van der Waals surface area contributed by atoms with Crippen molar-refractivity contribution in [3.8, 4) is 0 Å². The lowest BCUT2D eigenvalue weighted by molar-refractivity contribution is 0.0599. The van der Waals surface area contributed by atoms with Crippen molar-refractivity contribution in [1.82, 2.24) is 9.38 Å². The maximum Gasteiger partial charge on any atom is 0.337 e. The van der Waals surface area contributed by atoms with E-state index in [9.17, 15) is 14.4 Å². The molecular formula is C20H18ClN3O5. The quantitative estimate of drug-likeness (QED) is 0.641. The Morgan fingerprint density at radius 2 is 1.69 bits per heavy atom. The van der Waals surface area contributed by atoms with Crippen LogP contribution in [-0.2, 0) is 15.9 Å². The van der Waals surface area contributed by atoms with Crippen LogP contribution in [0.25, 0.3) is 5.65 Å². The third-order valence-corrected chi connectivity index (χ3v) is 4.48. The minimum Gasteiger partial charge on any atom is -0.465 e. The Balaban J connectivity index is 2.04. The molecule has 0 atom stereocenters. The van der Waals surface area contributed by atoms with Crippen molar-refractivity contribution in [1.29, 1.82) is 0 Å². The number of hydrogen-bond acceptors (Lipinski definition) is 6. The van der Waals surface area contributed by atoms with Crippen molar-refractivity contribution < 1.29 is 23.9 Å². The molecule has 0 radical (unpaired) electrons. The van der Waals surface area contributed by atoms with Crippen LogP contribution in [0.1, 0.15) is 43.8 Å². The topological polar surface area (TPSA) is 99.0 Å². The number of nitrogens with zero attached hydrogens (tertiary/aromatic N) is 2. The maximum absolute atomic E-state index is 13.0. The lowest BCUT2D eigenvalue weighted by Gasteiger charge is -2.10. The largest absolute Gasteiger partial charge is 0.465 e. The second-order valence-corrected chi connectivity index (χ2v) is 6.51. The zero-order valence-electron chi connectivity index (χ0n) is 16.0. The summed E-state index contributed by atoms with van der Waals surface area (Å²) in [5, 5.41) is 3.22. The Bertz CT molecular complexity index is 1090. The van der Waals surface area contributed by atoms with Crippen molar-refractivity contribution in [3.63, 3.8) is 0 Å². The van der Waals surface area contributed by atoms with Gasteiger partial charge in [0.25, 0.3) is 5.91 Å². The Kier molecular flexibility index (Phi) is 5.84. The minimum absolute atomic E-state index is 0.103. The smallest absolute Gasteiger partial charge is 0.337 e. The molecule has 2 aromatic heterocycles. The predicted octanol–water partition coefficient (Wildman–Crippen LogP) is 3.38. The van der Waals surface area contributed by atoms with Crippen molar-refractivity contribution >= 4 is 40.8 Å². The third kappa shape index (κ3) is 4.07. The van der Waals surface area contributed by atoms with Crippen LogP contribution < -0.4 is 5.32 Å². The van der Waals surface area contributed by atoms with E-state index < -0.39 is 17.8 Å². The third-order valence-electron chi connectivity index (χ3n) is 4.24. The summed E-state index contributed by atoms with van der Waals surface area (Å²) in [4.78, 5) is 41.3. The molecule has 1 N–H and O–H groups in total. The average Bonchev–Trinajstić information content (AvgIpc) is 3.09. The second kappa shape index (κ2) is 8.32. The number of ether oxygens (including phenoxy) is 2. The first-order valence-corrected chi connectivity index (χ1v) is 9.05. The van der Waals surface area contributed by atoms with Gasteiger partial charge in [-0.2, -0.15) is 0 Å². The summed E-state index contributed by atoms with van der Waals surface area (Å²) < 4.78 is 11.1. The number of halogens is 1. The Morgan fingerprint density at radius 1 is 1.07 bits per heavy atom. The van der Waals surface area contributed by atoms with Crippen LogP contribution in [0.5, 0.6) is 0 Å². The lowest BCUT2D eigenvalue weighted by Crippen LogP contribution is -2.17. The standard InChI is InChI=1S/C20H18ClN3O5/c1-4-15-17(24-6-5-13(21)10-16(24)23-15)18(25)22-14-8-11(19(26)28-2)7-12(9-14)20(27)29-3/h5-10H,4H2,1-3H3,(H,22,25). The fraction of sp³-hybridized carbons (Fsp3) is 0.200. The minimum atomic E-state index is -0.648. The molecule has 0 fully saturated rings. The molecule has 8 nitrogen and oxygen atoms in total. The summed E-state index contributed by atoms with van der Waals surface area (Å²) in [7, 11) is 2.45. The first-order chi connectivity index (χ1) is 13.9. The van der Waals surface area contributed by atoms with E-state index in [4.69, 9.17) is 21.1 Å². The number of pyridine rings is 1. The number of rotatable bonds is 5. The highest BCUT2D eigenvalue weighted by Gasteiger charge is 2.20. The lowest BCUT2D eigenvalue weighted by atomic mass is 10.1. The molecule has 29 heavy (non-hydrogen) atoms. The predicted molar refractivity (Wildman–Crippen MR) is 107 cm³/mol. The number of fused-ring (bicyclic) bond motifs is 1. The Hall–Kier alpha value is -3.39. The number of esters is 2. The highest BCUT2D eigenvalue weighted by molar-refractivity contribution is 6.30. The number of imidazole rings is 1. The summed E-state index contributed by atoms with van der Waals surface area (Å²) in [5.74, 6) is -1.75. The van der Waals surface area contributed by atoms with E-state index in [1.807, 2.05) is 6.92 Å². The molecule has 0 aliphatic heterocycles. The van der Waals surface area contributed by atoms with Gasteiger partial charge in [-0.15, -0.1) is 0 Å². The van der Waals surface area contributed by atoms with Crippen molar-refractivity contribution in [2.45, 2.75) is 13.3 Å². The zero-order valence-corrected chi connectivity index (χ0v) is 16.7. The number of carbonyl (C=O) groups excluding carboxylic acids is 3. The van der Waals surface area contributed by atoms with Crippen LogP contribution >= 0.6 is 11.6 Å². The SMILES string of the molecule is CCc1nc2cc(Cl)ccn2c1C(=O)Nc1cc(C(=O)OC)cc(C(=O)OC)c1. The van der Waals surface area contributed by atoms with E-state index in [-0.39, 0.29) is 16.8 Å². The molecule has 0 saturated heterocycles. The van der Waals surface area contributed by atoms with Gasteiger partial charge < -0.3 is 14.8 Å². The number of anilines is 1. The fourth-order valence-corrected chi connectivity index (χ4v) is 3.07. The van der Waals surface area contributed by atoms with Gasteiger partial charge in [-0.3, -0.25) is 9.20 Å². The first kappa shape index (κ1) is 20.3. The number of aryl methyl sites for hydroxylation is 1. The van der Waals surface area contributed by atoms with Crippen LogP contribution in [0.3, 0.4) is 0 Å². The van der Waals surface area contributed by atoms with Gasteiger partial charge in [0.1, 0.15) is 11.3 Å². The number of hydrogen-bond donors (Lipinski definition) is 1. The van der Waals surface area contributed by atoms with E-state index in [1.54, 1.807) is 22.7 Å². The number of nitrogens with one attached hydrogen (secondary N) is 1. The van der Waals surface area contributed by atoms with Gasteiger partial charge in [0.05, 0.1) is 31.0 Å².